The minimum Gasteiger partial charge on any atom is -0.489 e. The van der Waals surface area contributed by atoms with Crippen LogP contribution in [0.5, 0.6) is 5.75 Å². The summed E-state index contributed by atoms with van der Waals surface area (Å²) < 4.78 is 44.9. The predicted octanol–water partition coefficient (Wildman–Crippen LogP) is 4.61. The van der Waals surface area contributed by atoms with E-state index in [0.717, 1.165) is 5.56 Å². The standard InChI is InChI=1S/C20H20F3NO2/c21-20(22,23)16-12-18(10-11-25)24(13-16)17-6-8-19(9-7-17)26-14-15-4-2-1-3-5-15/h1-9,11,16,18H,10,12-14H2. The molecule has 1 fully saturated rings. The maximum Gasteiger partial charge on any atom is 0.393 e. The van der Waals surface area contributed by atoms with Crippen LogP contribution in [0.4, 0.5) is 18.9 Å². The number of benzene rings is 2. The van der Waals surface area contributed by atoms with E-state index in [1.165, 1.54) is 0 Å². The Morgan fingerprint density at radius 3 is 2.38 bits per heavy atom. The number of carbonyl (C=O) groups is 1. The van der Waals surface area contributed by atoms with Crippen molar-refractivity contribution < 1.29 is 22.7 Å². The van der Waals surface area contributed by atoms with Crippen LogP contribution in [0.25, 0.3) is 0 Å². The molecular formula is C20H20F3NO2. The highest BCUT2D eigenvalue weighted by atomic mass is 19.4. The molecule has 138 valence electrons. The average Bonchev–Trinajstić information content (AvgIpc) is 3.06. The Morgan fingerprint density at radius 2 is 1.77 bits per heavy atom. The van der Waals surface area contributed by atoms with Gasteiger partial charge in [-0.05, 0) is 36.2 Å². The zero-order valence-corrected chi connectivity index (χ0v) is 14.2. The molecule has 0 amide bonds. The minimum atomic E-state index is -4.24. The van der Waals surface area contributed by atoms with E-state index in [1.54, 1.807) is 29.2 Å². The van der Waals surface area contributed by atoms with Gasteiger partial charge in [-0.15, -0.1) is 0 Å². The number of aldehydes is 1. The summed E-state index contributed by atoms with van der Waals surface area (Å²) in [4.78, 5) is 12.5. The molecule has 2 atom stereocenters. The number of ether oxygens (including phenoxy) is 1. The average molecular weight is 363 g/mol. The minimum absolute atomic E-state index is 0.0471. The first-order valence-electron chi connectivity index (χ1n) is 8.51. The van der Waals surface area contributed by atoms with Crippen molar-refractivity contribution >= 4 is 12.0 Å². The SMILES string of the molecule is O=CCC1CC(C(F)(F)F)CN1c1ccc(OCc2ccccc2)cc1. The van der Waals surface area contributed by atoms with Crippen LogP contribution < -0.4 is 9.64 Å². The largest absolute Gasteiger partial charge is 0.489 e. The van der Waals surface area contributed by atoms with Crippen molar-refractivity contribution in [2.75, 3.05) is 11.4 Å². The Hall–Kier alpha value is -2.50. The van der Waals surface area contributed by atoms with Crippen molar-refractivity contribution in [3.8, 4) is 5.75 Å². The van der Waals surface area contributed by atoms with Gasteiger partial charge < -0.3 is 14.4 Å². The Bertz CT molecular complexity index is 716. The van der Waals surface area contributed by atoms with Gasteiger partial charge in [0.2, 0.25) is 0 Å². The first-order valence-corrected chi connectivity index (χ1v) is 8.51. The number of carbonyl (C=O) groups excluding carboxylic acids is 1. The third-order valence-electron chi connectivity index (χ3n) is 4.66. The molecule has 0 aliphatic carbocycles. The lowest BCUT2D eigenvalue weighted by Crippen LogP contribution is -2.30. The van der Waals surface area contributed by atoms with Crippen molar-refractivity contribution in [3.05, 3.63) is 60.2 Å². The summed E-state index contributed by atoms with van der Waals surface area (Å²) in [5.41, 5.74) is 1.71. The number of nitrogens with zero attached hydrogens (tertiary/aromatic N) is 1. The topological polar surface area (TPSA) is 29.5 Å². The lowest BCUT2D eigenvalue weighted by Gasteiger charge is -2.25. The fraction of sp³-hybridized carbons (Fsp3) is 0.350. The zero-order valence-electron chi connectivity index (χ0n) is 14.2. The molecule has 1 aliphatic heterocycles. The van der Waals surface area contributed by atoms with Gasteiger partial charge in [0.15, 0.2) is 0 Å². The number of anilines is 1. The molecule has 1 heterocycles. The molecule has 0 N–H and O–H groups in total. The van der Waals surface area contributed by atoms with Crippen molar-refractivity contribution in [2.24, 2.45) is 5.92 Å². The van der Waals surface area contributed by atoms with Gasteiger partial charge in [0.25, 0.3) is 0 Å². The number of hydrogen-bond acceptors (Lipinski definition) is 3. The van der Waals surface area contributed by atoms with E-state index in [2.05, 4.69) is 0 Å². The molecule has 0 spiro atoms. The Kier molecular flexibility index (Phi) is 5.49. The molecule has 0 radical (unpaired) electrons. The lowest BCUT2D eigenvalue weighted by atomic mass is 10.0. The monoisotopic (exact) mass is 363 g/mol. The number of rotatable bonds is 6. The van der Waals surface area contributed by atoms with Gasteiger partial charge in [-0.2, -0.15) is 13.2 Å². The van der Waals surface area contributed by atoms with Crippen LogP contribution in [-0.4, -0.2) is 25.0 Å². The van der Waals surface area contributed by atoms with E-state index in [4.69, 9.17) is 4.74 Å². The van der Waals surface area contributed by atoms with Crippen LogP contribution in [0.2, 0.25) is 0 Å². The highest BCUT2D eigenvalue weighted by Gasteiger charge is 2.47. The molecule has 1 saturated heterocycles. The first kappa shape index (κ1) is 18.3. The number of alkyl halides is 3. The number of halogens is 3. The summed E-state index contributed by atoms with van der Waals surface area (Å²) in [6, 6.07) is 16.3. The van der Waals surface area contributed by atoms with E-state index in [0.29, 0.717) is 24.3 Å². The molecule has 0 bridgehead atoms. The van der Waals surface area contributed by atoms with E-state index < -0.39 is 18.1 Å². The predicted molar refractivity (Wildman–Crippen MR) is 93.2 cm³/mol. The molecule has 0 aromatic heterocycles. The van der Waals surface area contributed by atoms with Gasteiger partial charge in [0.05, 0.1) is 5.92 Å². The quantitative estimate of drug-likeness (QED) is 0.702. The Labute approximate surface area is 150 Å². The Morgan fingerprint density at radius 1 is 1.08 bits per heavy atom. The summed E-state index contributed by atoms with van der Waals surface area (Å²) in [6.45, 7) is 0.306. The molecule has 26 heavy (non-hydrogen) atoms. The fourth-order valence-corrected chi connectivity index (χ4v) is 3.28. The second kappa shape index (κ2) is 7.81. The van der Waals surface area contributed by atoms with Crippen LogP contribution in [0.1, 0.15) is 18.4 Å². The Balaban J connectivity index is 1.67. The van der Waals surface area contributed by atoms with Gasteiger partial charge >= 0.3 is 6.18 Å². The van der Waals surface area contributed by atoms with Crippen molar-refractivity contribution in [1.82, 2.24) is 0 Å². The van der Waals surface area contributed by atoms with Crippen LogP contribution in [-0.2, 0) is 11.4 Å². The molecule has 6 heteroatoms. The fourth-order valence-electron chi connectivity index (χ4n) is 3.28. The van der Waals surface area contributed by atoms with Crippen molar-refractivity contribution in [1.29, 1.82) is 0 Å². The van der Waals surface area contributed by atoms with Gasteiger partial charge in [-0.3, -0.25) is 0 Å². The molecule has 2 aromatic carbocycles. The van der Waals surface area contributed by atoms with Crippen LogP contribution in [0, 0.1) is 5.92 Å². The second-order valence-corrected chi connectivity index (χ2v) is 6.45. The summed E-state index contributed by atoms with van der Waals surface area (Å²) in [6.07, 6.45) is -3.50. The molecule has 0 saturated carbocycles. The van der Waals surface area contributed by atoms with Crippen molar-refractivity contribution in [3.63, 3.8) is 0 Å². The first-order chi connectivity index (χ1) is 12.5. The lowest BCUT2D eigenvalue weighted by molar-refractivity contribution is -0.168. The van der Waals surface area contributed by atoms with E-state index in [9.17, 15) is 18.0 Å². The van der Waals surface area contributed by atoms with E-state index in [1.807, 2.05) is 30.3 Å². The third kappa shape index (κ3) is 4.36. The van der Waals surface area contributed by atoms with Gasteiger partial charge in [0, 0.05) is 24.7 Å². The summed E-state index contributed by atoms with van der Waals surface area (Å²) in [5.74, 6) is -0.752. The molecular weight excluding hydrogens is 343 g/mol. The summed E-state index contributed by atoms with van der Waals surface area (Å²) >= 11 is 0. The van der Waals surface area contributed by atoms with E-state index in [-0.39, 0.29) is 19.4 Å². The maximum atomic E-state index is 13.1. The highest BCUT2D eigenvalue weighted by molar-refractivity contribution is 5.56. The maximum absolute atomic E-state index is 13.1. The van der Waals surface area contributed by atoms with Gasteiger partial charge in [-0.25, -0.2) is 0 Å². The smallest absolute Gasteiger partial charge is 0.393 e. The third-order valence-corrected chi connectivity index (χ3v) is 4.66. The summed E-state index contributed by atoms with van der Waals surface area (Å²) in [5, 5.41) is 0. The summed E-state index contributed by atoms with van der Waals surface area (Å²) in [7, 11) is 0. The van der Waals surface area contributed by atoms with E-state index >= 15 is 0 Å². The normalized spacial score (nSPS) is 20.2. The van der Waals surface area contributed by atoms with Gasteiger partial charge in [0.1, 0.15) is 18.6 Å². The molecule has 3 rings (SSSR count). The van der Waals surface area contributed by atoms with Crippen molar-refractivity contribution in [2.45, 2.75) is 31.7 Å². The highest BCUT2D eigenvalue weighted by Crippen LogP contribution is 2.39. The number of hydrogen-bond donors (Lipinski definition) is 0. The van der Waals surface area contributed by atoms with Crippen LogP contribution in [0.3, 0.4) is 0 Å². The zero-order chi connectivity index (χ0) is 18.6. The molecule has 3 nitrogen and oxygen atoms in total. The van der Waals surface area contributed by atoms with Gasteiger partial charge in [-0.1, -0.05) is 30.3 Å². The van der Waals surface area contributed by atoms with Crippen LogP contribution in [0.15, 0.2) is 54.6 Å². The molecule has 2 aromatic rings. The second-order valence-electron chi connectivity index (χ2n) is 6.45. The van der Waals surface area contributed by atoms with Crippen LogP contribution >= 0.6 is 0 Å². The molecule has 2 unspecified atom stereocenters. The molecule has 1 aliphatic rings.